The number of benzene rings is 1. The minimum absolute atomic E-state index is 0.000324. The molecule has 0 unspecified atom stereocenters. The molecule has 0 fully saturated rings. The fourth-order valence-electron chi connectivity index (χ4n) is 2.05. The third kappa shape index (κ3) is 6.40. The van der Waals surface area contributed by atoms with E-state index in [0.717, 1.165) is 5.69 Å². The summed E-state index contributed by atoms with van der Waals surface area (Å²) in [6.45, 7) is 10.3. The van der Waals surface area contributed by atoms with Gasteiger partial charge in [0, 0.05) is 18.3 Å². The number of nitrogens with one attached hydrogen (secondary N) is 2. The van der Waals surface area contributed by atoms with Crippen molar-refractivity contribution in [3.05, 3.63) is 18.2 Å². The highest BCUT2D eigenvalue weighted by Crippen LogP contribution is 2.30. The molecule has 7 nitrogen and oxygen atoms in total. The molecule has 1 rings (SSSR count). The molecule has 0 heterocycles. The van der Waals surface area contributed by atoms with E-state index in [-0.39, 0.29) is 12.3 Å². The summed E-state index contributed by atoms with van der Waals surface area (Å²) in [4.78, 5) is 4.36. The van der Waals surface area contributed by atoms with E-state index in [4.69, 9.17) is 9.47 Å². The Kier molecular flexibility index (Phi) is 8.20. The van der Waals surface area contributed by atoms with E-state index in [1.807, 2.05) is 32.0 Å². The zero-order chi connectivity index (χ0) is 19.8. The van der Waals surface area contributed by atoms with Gasteiger partial charge in [-0.25, -0.2) is 8.42 Å². The van der Waals surface area contributed by atoms with E-state index in [0.29, 0.717) is 30.6 Å². The highest BCUT2D eigenvalue weighted by atomic mass is 32.2. The van der Waals surface area contributed by atoms with E-state index in [1.54, 1.807) is 27.9 Å². The Morgan fingerprint density at radius 2 is 1.88 bits per heavy atom. The molecule has 0 aromatic heterocycles. The molecule has 0 aliphatic rings. The van der Waals surface area contributed by atoms with Crippen LogP contribution in [0, 0.1) is 0 Å². The van der Waals surface area contributed by atoms with Crippen LogP contribution in [0.25, 0.3) is 0 Å². The van der Waals surface area contributed by atoms with Crippen LogP contribution in [-0.2, 0) is 9.84 Å². The Bertz CT molecular complexity index is 710. The first-order valence-electron chi connectivity index (χ1n) is 8.73. The smallest absolute Gasteiger partial charge is 0.195 e. The maximum atomic E-state index is 12.2. The van der Waals surface area contributed by atoms with Crippen molar-refractivity contribution in [2.75, 3.05) is 37.9 Å². The second-order valence-electron chi connectivity index (χ2n) is 6.62. The first-order chi connectivity index (χ1) is 12.1. The highest BCUT2D eigenvalue weighted by molar-refractivity contribution is 7.92. The van der Waals surface area contributed by atoms with Gasteiger partial charge in [0.1, 0.15) is 0 Å². The minimum Gasteiger partial charge on any atom is -0.493 e. The predicted octanol–water partition coefficient (Wildman–Crippen LogP) is 2.68. The topological polar surface area (TPSA) is 89.0 Å². The summed E-state index contributed by atoms with van der Waals surface area (Å²) in [6, 6.07) is 5.48. The lowest BCUT2D eigenvalue weighted by atomic mass is 10.2. The molecule has 0 bridgehead atoms. The Labute approximate surface area is 157 Å². The highest BCUT2D eigenvalue weighted by Gasteiger charge is 2.28. The maximum Gasteiger partial charge on any atom is 0.195 e. The molecule has 0 saturated carbocycles. The van der Waals surface area contributed by atoms with Gasteiger partial charge >= 0.3 is 0 Å². The van der Waals surface area contributed by atoms with Gasteiger partial charge in [-0.15, -0.1) is 0 Å². The van der Waals surface area contributed by atoms with Crippen molar-refractivity contribution in [1.82, 2.24) is 5.32 Å². The third-order valence-corrected chi connectivity index (χ3v) is 6.22. The maximum absolute atomic E-state index is 12.2. The van der Waals surface area contributed by atoms with Gasteiger partial charge in [-0.3, -0.25) is 4.99 Å². The average Bonchev–Trinajstić information content (AvgIpc) is 2.55. The molecule has 26 heavy (non-hydrogen) atoms. The van der Waals surface area contributed by atoms with Crippen molar-refractivity contribution in [2.45, 2.75) is 39.4 Å². The van der Waals surface area contributed by atoms with Crippen molar-refractivity contribution < 1.29 is 17.9 Å². The third-order valence-electron chi connectivity index (χ3n) is 3.63. The second kappa shape index (κ2) is 9.66. The summed E-state index contributed by atoms with van der Waals surface area (Å²) in [5.41, 5.74) is 0.767. The molecule has 148 valence electrons. The average molecular weight is 386 g/mol. The molecule has 2 N–H and O–H groups in total. The lowest BCUT2D eigenvalue weighted by molar-refractivity contribution is 0.311. The Morgan fingerprint density at radius 1 is 1.19 bits per heavy atom. The number of hydrogen-bond donors (Lipinski definition) is 2. The van der Waals surface area contributed by atoms with Crippen molar-refractivity contribution in [3.63, 3.8) is 0 Å². The molecular formula is C18H31N3O4S. The van der Waals surface area contributed by atoms with Gasteiger partial charge in [0.15, 0.2) is 27.3 Å². The molecule has 0 radical (unpaired) electrons. The molecule has 0 saturated heterocycles. The van der Waals surface area contributed by atoms with E-state index in [9.17, 15) is 8.42 Å². The predicted molar refractivity (Wildman–Crippen MR) is 107 cm³/mol. The molecule has 8 heteroatoms. The molecule has 1 aromatic carbocycles. The zero-order valence-electron chi connectivity index (χ0n) is 16.5. The quantitative estimate of drug-likeness (QED) is 0.528. The van der Waals surface area contributed by atoms with Crippen LogP contribution in [0.4, 0.5) is 5.69 Å². The Balaban J connectivity index is 2.88. The van der Waals surface area contributed by atoms with Gasteiger partial charge < -0.3 is 20.1 Å². The second-order valence-corrected chi connectivity index (χ2v) is 9.48. The van der Waals surface area contributed by atoms with Crippen LogP contribution in [0.15, 0.2) is 23.2 Å². The van der Waals surface area contributed by atoms with Gasteiger partial charge in [-0.05, 0) is 46.8 Å². The van der Waals surface area contributed by atoms with Gasteiger partial charge in [-0.1, -0.05) is 0 Å². The van der Waals surface area contributed by atoms with E-state index < -0.39 is 14.6 Å². The Hall–Kier alpha value is -1.96. The normalized spacial score (nSPS) is 12.6. The van der Waals surface area contributed by atoms with E-state index in [1.165, 1.54) is 0 Å². The van der Waals surface area contributed by atoms with E-state index >= 15 is 0 Å². The van der Waals surface area contributed by atoms with Crippen LogP contribution in [0.2, 0.25) is 0 Å². The Morgan fingerprint density at radius 3 is 2.42 bits per heavy atom. The van der Waals surface area contributed by atoms with Crippen LogP contribution < -0.4 is 20.1 Å². The van der Waals surface area contributed by atoms with Crippen LogP contribution in [0.5, 0.6) is 11.5 Å². The number of aliphatic imine (C=N–C) groups is 1. The number of sulfone groups is 1. The fraction of sp³-hybridized carbons (Fsp3) is 0.611. The monoisotopic (exact) mass is 385 g/mol. The molecule has 0 atom stereocenters. The van der Waals surface area contributed by atoms with E-state index in [2.05, 4.69) is 15.6 Å². The molecule has 0 amide bonds. The summed E-state index contributed by atoms with van der Waals surface area (Å²) >= 11 is 0. The lowest BCUT2D eigenvalue weighted by Gasteiger charge is -2.18. The molecule has 0 aliphatic carbocycles. The number of hydrogen-bond acceptors (Lipinski definition) is 5. The summed E-state index contributed by atoms with van der Waals surface area (Å²) < 4.78 is 34.4. The summed E-state index contributed by atoms with van der Waals surface area (Å²) in [5.74, 6) is 1.80. The summed E-state index contributed by atoms with van der Waals surface area (Å²) in [5, 5.41) is 6.26. The van der Waals surface area contributed by atoms with Crippen molar-refractivity contribution in [3.8, 4) is 11.5 Å². The molecule has 0 spiro atoms. The number of rotatable bonds is 8. The van der Waals surface area contributed by atoms with Crippen LogP contribution in [-0.4, -0.2) is 51.7 Å². The number of methoxy groups -OCH3 is 1. The van der Waals surface area contributed by atoms with Crippen LogP contribution in [0.1, 0.15) is 34.6 Å². The number of guanidine groups is 1. The van der Waals surface area contributed by atoms with Crippen molar-refractivity contribution in [2.24, 2.45) is 4.99 Å². The molecular weight excluding hydrogens is 354 g/mol. The number of ether oxygens (including phenoxy) is 2. The lowest BCUT2D eigenvalue weighted by Crippen LogP contribution is -2.33. The fourth-order valence-corrected chi connectivity index (χ4v) is 2.99. The number of nitrogens with zero attached hydrogens (tertiary/aromatic N) is 1. The van der Waals surface area contributed by atoms with Crippen molar-refractivity contribution >= 4 is 21.5 Å². The minimum atomic E-state index is -3.20. The van der Waals surface area contributed by atoms with Gasteiger partial charge in [0.2, 0.25) is 0 Å². The number of anilines is 1. The summed E-state index contributed by atoms with van der Waals surface area (Å²) in [7, 11) is -1.62. The van der Waals surface area contributed by atoms with Crippen LogP contribution >= 0.6 is 0 Å². The molecule has 1 aromatic rings. The van der Waals surface area contributed by atoms with Gasteiger partial charge in [0.25, 0.3) is 0 Å². The van der Waals surface area contributed by atoms with Crippen molar-refractivity contribution in [1.29, 1.82) is 0 Å². The van der Waals surface area contributed by atoms with Crippen LogP contribution in [0.3, 0.4) is 0 Å². The SMILES string of the molecule is CCNC(=NCCS(=O)(=O)C(C)(C)C)Nc1ccc(OCC)c(OC)c1. The first kappa shape index (κ1) is 22.1. The molecule has 0 aliphatic heterocycles. The summed E-state index contributed by atoms with van der Waals surface area (Å²) in [6.07, 6.45) is 0. The standard InChI is InChI=1S/C18H31N3O4S/c1-7-19-17(20-11-12-26(22,23)18(3,4)5)21-14-9-10-15(25-8-2)16(13-14)24-6/h9-10,13H,7-8,11-12H2,1-6H3,(H2,19,20,21). The first-order valence-corrected chi connectivity index (χ1v) is 10.4. The largest absolute Gasteiger partial charge is 0.493 e. The van der Waals surface area contributed by atoms with Gasteiger partial charge in [0.05, 0.1) is 30.8 Å². The zero-order valence-corrected chi connectivity index (χ0v) is 17.4. The van der Waals surface area contributed by atoms with Gasteiger partial charge in [-0.2, -0.15) is 0 Å².